The van der Waals surface area contributed by atoms with Crippen LogP contribution in [0.1, 0.15) is 31.2 Å². The minimum absolute atomic E-state index is 0.102. The fourth-order valence-corrected chi connectivity index (χ4v) is 3.23. The SMILES string of the molecule is Cc1ccsc1NCC1CCC(C(=O)O)CC1. The van der Waals surface area contributed by atoms with Gasteiger partial charge in [-0.15, -0.1) is 11.3 Å². The van der Waals surface area contributed by atoms with Crippen LogP contribution in [0, 0.1) is 18.8 Å². The van der Waals surface area contributed by atoms with Gasteiger partial charge in [-0.25, -0.2) is 0 Å². The summed E-state index contributed by atoms with van der Waals surface area (Å²) in [7, 11) is 0. The van der Waals surface area contributed by atoms with Crippen LogP contribution in [-0.2, 0) is 4.79 Å². The Balaban J connectivity index is 1.75. The molecule has 1 aromatic heterocycles. The third-order valence-corrected chi connectivity index (χ3v) is 4.58. The van der Waals surface area contributed by atoms with Crippen molar-refractivity contribution in [3.8, 4) is 0 Å². The lowest BCUT2D eigenvalue weighted by Gasteiger charge is -2.26. The molecule has 1 aliphatic carbocycles. The third-order valence-electron chi connectivity index (χ3n) is 3.61. The summed E-state index contributed by atoms with van der Waals surface area (Å²) in [6.07, 6.45) is 3.75. The predicted molar refractivity (Wildman–Crippen MR) is 70.6 cm³/mol. The third kappa shape index (κ3) is 3.22. The topological polar surface area (TPSA) is 49.3 Å². The van der Waals surface area contributed by atoms with Gasteiger partial charge in [0.25, 0.3) is 0 Å². The number of carboxylic acids is 1. The fourth-order valence-electron chi connectivity index (χ4n) is 2.40. The van der Waals surface area contributed by atoms with Gasteiger partial charge >= 0.3 is 5.97 Å². The Bertz CT molecular complexity index is 381. The number of carbonyl (C=O) groups is 1. The van der Waals surface area contributed by atoms with E-state index >= 15 is 0 Å². The Labute approximate surface area is 106 Å². The van der Waals surface area contributed by atoms with E-state index in [1.54, 1.807) is 11.3 Å². The number of carboxylic acid groups (broad SMARTS) is 1. The fraction of sp³-hybridized carbons (Fsp3) is 0.615. The van der Waals surface area contributed by atoms with E-state index in [-0.39, 0.29) is 5.92 Å². The Morgan fingerprint density at radius 3 is 2.71 bits per heavy atom. The highest BCUT2D eigenvalue weighted by atomic mass is 32.1. The van der Waals surface area contributed by atoms with Crippen molar-refractivity contribution in [2.45, 2.75) is 32.6 Å². The molecule has 17 heavy (non-hydrogen) atoms. The molecule has 1 heterocycles. The van der Waals surface area contributed by atoms with E-state index in [0.717, 1.165) is 32.2 Å². The van der Waals surface area contributed by atoms with Crippen molar-refractivity contribution in [1.82, 2.24) is 0 Å². The molecule has 0 bridgehead atoms. The van der Waals surface area contributed by atoms with Crippen molar-refractivity contribution < 1.29 is 9.90 Å². The van der Waals surface area contributed by atoms with Crippen LogP contribution >= 0.6 is 11.3 Å². The van der Waals surface area contributed by atoms with Gasteiger partial charge < -0.3 is 10.4 Å². The van der Waals surface area contributed by atoms with E-state index in [2.05, 4.69) is 23.7 Å². The zero-order chi connectivity index (χ0) is 12.3. The van der Waals surface area contributed by atoms with Gasteiger partial charge in [-0.1, -0.05) is 0 Å². The molecule has 0 aromatic carbocycles. The molecule has 0 saturated heterocycles. The molecule has 0 radical (unpaired) electrons. The molecule has 0 spiro atoms. The normalized spacial score (nSPS) is 24.5. The Morgan fingerprint density at radius 2 is 2.18 bits per heavy atom. The van der Waals surface area contributed by atoms with Gasteiger partial charge in [0.1, 0.15) is 0 Å². The molecule has 0 aliphatic heterocycles. The van der Waals surface area contributed by atoms with Crippen LogP contribution in [-0.4, -0.2) is 17.6 Å². The first-order valence-corrected chi connectivity index (χ1v) is 7.05. The summed E-state index contributed by atoms with van der Waals surface area (Å²) in [6.45, 7) is 3.09. The lowest BCUT2D eigenvalue weighted by molar-refractivity contribution is -0.143. The predicted octanol–water partition coefficient (Wildman–Crippen LogP) is 3.36. The molecular weight excluding hydrogens is 234 g/mol. The highest BCUT2D eigenvalue weighted by Gasteiger charge is 2.25. The maximum Gasteiger partial charge on any atom is 0.306 e. The number of hydrogen-bond acceptors (Lipinski definition) is 3. The van der Waals surface area contributed by atoms with Crippen LogP contribution in [0.5, 0.6) is 0 Å². The van der Waals surface area contributed by atoms with Crippen LogP contribution in [0.2, 0.25) is 0 Å². The van der Waals surface area contributed by atoms with Crippen LogP contribution < -0.4 is 5.32 Å². The highest BCUT2D eigenvalue weighted by molar-refractivity contribution is 7.14. The van der Waals surface area contributed by atoms with Crippen molar-refractivity contribution in [3.63, 3.8) is 0 Å². The molecule has 1 aliphatic rings. The molecule has 1 aromatic rings. The average molecular weight is 253 g/mol. The van der Waals surface area contributed by atoms with Gasteiger partial charge in [0.2, 0.25) is 0 Å². The first-order valence-electron chi connectivity index (χ1n) is 6.17. The van der Waals surface area contributed by atoms with Crippen molar-refractivity contribution in [2.75, 3.05) is 11.9 Å². The van der Waals surface area contributed by atoms with Gasteiger partial charge in [-0.2, -0.15) is 0 Å². The van der Waals surface area contributed by atoms with Crippen molar-refractivity contribution in [1.29, 1.82) is 0 Å². The highest BCUT2D eigenvalue weighted by Crippen LogP contribution is 2.30. The summed E-state index contributed by atoms with van der Waals surface area (Å²) < 4.78 is 0. The molecule has 3 nitrogen and oxygen atoms in total. The molecular formula is C13H19NO2S. The van der Waals surface area contributed by atoms with Crippen LogP contribution in [0.15, 0.2) is 11.4 Å². The molecule has 1 fully saturated rings. The second-order valence-corrected chi connectivity index (χ2v) is 5.79. The molecule has 94 valence electrons. The minimum Gasteiger partial charge on any atom is -0.481 e. The average Bonchev–Trinajstić information content (AvgIpc) is 2.73. The summed E-state index contributed by atoms with van der Waals surface area (Å²) in [5.41, 5.74) is 1.30. The molecule has 0 unspecified atom stereocenters. The maximum atomic E-state index is 10.8. The van der Waals surface area contributed by atoms with E-state index in [9.17, 15) is 4.79 Å². The first-order chi connectivity index (χ1) is 8.16. The monoisotopic (exact) mass is 253 g/mol. The zero-order valence-electron chi connectivity index (χ0n) is 10.1. The Morgan fingerprint density at radius 1 is 1.47 bits per heavy atom. The maximum absolute atomic E-state index is 10.8. The molecule has 0 atom stereocenters. The number of nitrogens with one attached hydrogen (secondary N) is 1. The van der Waals surface area contributed by atoms with Crippen molar-refractivity contribution in [3.05, 3.63) is 17.0 Å². The summed E-state index contributed by atoms with van der Waals surface area (Å²) in [5.74, 6) is -0.0904. The lowest BCUT2D eigenvalue weighted by atomic mass is 9.82. The number of thiophene rings is 1. The zero-order valence-corrected chi connectivity index (χ0v) is 10.9. The van der Waals surface area contributed by atoms with E-state index in [0.29, 0.717) is 5.92 Å². The van der Waals surface area contributed by atoms with Crippen LogP contribution in [0.4, 0.5) is 5.00 Å². The van der Waals surface area contributed by atoms with E-state index < -0.39 is 5.97 Å². The molecule has 2 N–H and O–H groups in total. The van der Waals surface area contributed by atoms with Gasteiger partial charge in [-0.05, 0) is 55.5 Å². The smallest absolute Gasteiger partial charge is 0.306 e. The van der Waals surface area contributed by atoms with E-state index in [1.807, 2.05) is 0 Å². The van der Waals surface area contributed by atoms with Crippen molar-refractivity contribution in [2.24, 2.45) is 11.8 Å². The summed E-state index contributed by atoms with van der Waals surface area (Å²) in [4.78, 5) is 10.8. The van der Waals surface area contributed by atoms with Crippen LogP contribution in [0.3, 0.4) is 0 Å². The lowest BCUT2D eigenvalue weighted by Crippen LogP contribution is -2.25. The molecule has 0 amide bonds. The molecule has 2 rings (SSSR count). The van der Waals surface area contributed by atoms with Gasteiger partial charge in [0.15, 0.2) is 0 Å². The van der Waals surface area contributed by atoms with Gasteiger partial charge in [0.05, 0.1) is 10.9 Å². The summed E-state index contributed by atoms with van der Waals surface area (Å²) in [6, 6.07) is 2.12. The van der Waals surface area contributed by atoms with Crippen molar-refractivity contribution >= 4 is 22.3 Å². The largest absolute Gasteiger partial charge is 0.481 e. The minimum atomic E-state index is -0.620. The number of hydrogen-bond donors (Lipinski definition) is 2. The number of anilines is 1. The second-order valence-electron chi connectivity index (χ2n) is 4.87. The van der Waals surface area contributed by atoms with E-state index in [1.165, 1.54) is 10.6 Å². The second kappa shape index (κ2) is 5.54. The Hall–Kier alpha value is -1.03. The number of rotatable bonds is 4. The van der Waals surface area contributed by atoms with Crippen LogP contribution in [0.25, 0.3) is 0 Å². The van der Waals surface area contributed by atoms with Gasteiger partial charge in [-0.3, -0.25) is 4.79 Å². The first kappa shape index (κ1) is 12.4. The quantitative estimate of drug-likeness (QED) is 0.865. The number of aliphatic carboxylic acids is 1. The summed E-state index contributed by atoms with van der Waals surface area (Å²) >= 11 is 1.74. The molecule has 4 heteroatoms. The molecule has 1 saturated carbocycles. The standard InChI is InChI=1S/C13H19NO2S/c1-9-6-7-17-12(9)14-8-10-2-4-11(5-3-10)13(15)16/h6-7,10-11,14H,2-5,8H2,1H3,(H,15,16). The van der Waals surface area contributed by atoms with Gasteiger partial charge in [0, 0.05) is 6.54 Å². The Kier molecular flexibility index (Phi) is 4.05. The summed E-state index contributed by atoms with van der Waals surface area (Å²) in [5, 5.41) is 15.8. The number of aryl methyl sites for hydroxylation is 1. The van der Waals surface area contributed by atoms with E-state index in [4.69, 9.17) is 5.11 Å².